The zero-order valence-corrected chi connectivity index (χ0v) is 16.8. The Kier molecular flexibility index (Phi) is 5.46. The molecule has 5 nitrogen and oxygen atoms in total. The van der Waals surface area contributed by atoms with Crippen molar-refractivity contribution in [2.75, 3.05) is 38.5 Å². The zero-order valence-electron chi connectivity index (χ0n) is 14.4. The molecule has 0 bridgehead atoms. The molecule has 2 unspecified atom stereocenters. The third-order valence-corrected chi connectivity index (χ3v) is 7.75. The van der Waals surface area contributed by atoms with Crippen molar-refractivity contribution in [3.63, 3.8) is 0 Å². The largest absolute Gasteiger partial charge is 0.342 e. The van der Waals surface area contributed by atoms with E-state index in [1.165, 1.54) is 25.9 Å². The van der Waals surface area contributed by atoms with Gasteiger partial charge < -0.3 is 9.80 Å². The summed E-state index contributed by atoms with van der Waals surface area (Å²) in [6, 6.07) is 0. The number of fused-ring (bicyclic) bond motifs is 3. The maximum Gasteiger partial charge on any atom is 0.219 e. The highest BCUT2D eigenvalue weighted by Gasteiger charge is 2.41. The van der Waals surface area contributed by atoms with Crippen molar-refractivity contribution < 1.29 is 4.79 Å². The highest BCUT2D eigenvalue weighted by Crippen LogP contribution is 2.50. The van der Waals surface area contributed by atoms with E-state index in [2.05, 4.69) is 9.88 Å². The Hall–Kier alpha value is -0.500. The number of piperidine rings is 1. The van der Waals surface area contributed by atoms with Crippen molar-refractivity contribution >= 4 is 41.0 Å². The Morgan fingerprint density at radius 1 is 1.32 bits per heavy atom. The lowest BCUT2D eigenvalue weighted by molar-refractivity contribution is -0.129. The van der Waals surface area contributed by atoms with Crippen molar-refractivity contribution in [1.82, 2.24) is 19.8 Å². The predicted molar refractivity (Wildman–Crippen MR) is 103 cm³/mol. The number of amides is 1. The minimum atomic E-state index is 0.158. The summed E-state index contributed by atoms with van der Waals surface area (Å²) in [5.74, 6) is 1.54. The summed E-state index contributed by atoms with van der Waals surface area (Å²) in [5, 5.41) is 2.80. The first-order valence-corrected chi connectivity index (χ1v) is 11.2. The van der Waals surface area contributed by atoms with Gasteiger partial charge in [0.15, 0.2) is 5.16 Å². The summed E-state index contributed by atoms with van der Waals surface area (Å²) < 4.78 is 0. The van der Waals surface area contributed by atoms with Gasteiger partial charge in [0.1, 0.15) is 10.2 Å². The van der Waals surface area contributed by atoms with Gasteiger partial charge in [0.25, 0.3) is 0 Å². The number of nitrogens with zero attached hydrogens (tertiary/aromatic N) is 4. The number of rotatable bonds is 4. The molecule has 3 aliphatic rings. The number of thioether (sulfide) groups is 2. The minimum absolute atomic E-state index is 0.158. The standard InChI is InChI=1S/C17H23ClN4OS2/c1-11(23)22-7-4-12-13(10-22)25-16-14(12)15(18)19-17(20-16)24-9-8-21-5-2-3-6-21/h12-13H,2-10H2,1H3. The summed E-state index contributed by atoms with van der Waals surface area (Å²) in [4.78, 5) is 25.4. The maximum absolute atomic E-state index is 11.7. The lowest BCUT2D eigenvalue weighted by Gasteiger charge is -2.33. The van der Waals surface area contributed by atoms with E-state index in [0.717, 1.165) is 47.6 Å². The van der Waals surface area contributed by atoms with E-state index in [1.807, 2.05) is 4.90 Å². The SMILES string of the molecule is CC(=O)N1CCC2c3c(Cl)nc(SCCN4CCCC4)nc3SC2C1. The third kappa shape index (κ3) is 3.80. The van der Waals surface area contributed by atoms with Gasteiger partial charge >= 0.3 is 0 Å². The van der Waals surface area contributed by atoms with Crippen LogP contribution in [0.4, 0.5) is 0 Å². The topological polar surface area (TPSA) is 49.3 Å². The van der Waals surface area contributed by atoms with Gasteiger partial charge in [-0.3, -0.25) is 4.79 Å². The number of likely N-dealkylation sites (tertiary alicyclic amines) is 2. The highest BCUT2D eigenvalue weighted by atomic mass is 35.5. The molecule has 1 aromatic heterocycles. The van der Waals surface area contributed by atoms with Crippen LogP contribution in [0.15, 0.2) is 10.2 Å². The van der Waals surface area contributed by atoms with Crippen LogP contribution >= 0.6 is 35.1 Å². The van der Waals surface area contributed by atoms with Crippen molar-refractivity contribution in [2.24, 2.45) is 0 Å². The summed E-state index contributed by atoms with van der Waals surface area (Å²) in [6.45, 7) is 6.77. The van der Waals surface area contributed by atoms with E-state index >= 15 is 0 Å². The Balaban J connectivity index is 1.42. The van der Waals surface area contributed by atoms with Crippen LogP contribution in [-0.4, -0.2) is 69.4 Å². The van der Waals surface area contributed by atoms with Gasteiger partial charge in [-0.1, -0.05) is 23.4 Å². The molecule has 3 aliphatic heterocycles. The second-order valence-electron chi connectivity index (χ2n) is 6.93. The molecule has 2 saturated heterocycles. The van der Waals surface area contributed by atoms with E-state index in [4.69, 9.17) is 16.6 Å². The fraction of sp³-hybridized carbons (Fsp3) is 0.706. The molecule has 4 heterocycles. The van der Waals surface area contributed by atoms with Crippen LogP contribution in [0.1, 0.15) is 37.7 Å². The van der Waals surface area contributed by atoms with Gasteiger partial charge in [-0.15, -0.1) is 11.8 Å². The number of hydrogen-bond acceptors (Lipinski definition) is 6. The van der Waals surface area contributed by atoms with Crippen LogP contribution < -0.4 is 0 Å². The maximum atomic E-state index is 11.7. The Labute approximate surface area is 162 Å². The first kappa shape index (κ1) is 17.9. The van der Waals surface area contributed by atoms with Crippen LogP contribution in [0.2, 0.25) is 5.15 Å². The highest BCUT2D eigenvalue weighted by molar-refractivity contribution is 8.00. The molecule has 1 amide bonds. The van der Waals surface area contributed by atoms with Gasteiger partial charge in [-0.2, -0.15) is 0 Å². The molecular formula is C17H23ClN4OS2. The summed E-state index contributed by atoms with van der Waals surface area (Å²) in [5.41, 5.74) is 1.11. The lowest BCUT2D eigenvalue weighted by atomic mass is 9.91. The van der Waals surface area contributed by atoms with E-state index in [9.17, 15) is 4.79 Å². The molecule has 2 fully saturated rings. The van der Waals surface area contributed by atoms with Crippen LogP contribution in [-0.2, 0) is 4.79 Å². The van der Waals surface area contributed by atoms with E-state index < -0.39 is 0 Å². The van der Waals surface area contributed by atoms with Crippen LogP contribution in [0.25, 0.3) is 0 Å². The third-order valence-electron chi connectivity index (χ3n) is 5.32. The molecule has 0 aliphatic carbocycles. The van der Waals surface area contributed by atoms with E-state index in [-0.39, 0.29) is 5.91 Å². The number of hydrogen-bond donors (Lipinski definition) is 0. The Bertz CT molecular complexity index is 668. The van der Waals surface area contributed by atoms with E-state index in [0.29, 0.717) is 16.3 Å². The van der Waals surface area contributed by atoms with Crippen molar-refractivity contribution in [1.29, 1.82) is 0 Å². The van der Waals surface area contributed by atoms with Crippen molar-refractivity contribution in [3.05, 3.63) is 10.7 Å². The van der Waals surface area contributed by atoms with Crippen LogP contribution in [0.3, 0.4) is 0 Å². The summed E-state index contributed by atoms with van der Waals surface area (Å²) in [7, 11) is 0. The molecule has 0 spiro atoms. The minimum Gasteiger partial charge on any atom is -0.342 e. The molecule has 0 saturated carbocycles. The molecule has 8 heteroatoms. The molecule has 0 radical (unpaired) electrons. The summed E-state index contributed by atoms with van der Waals surface area (Å²) >= 11 is 10.0. The van der Waals surface area contributed by atoms with Gasteiger partial charge in [-0.25, -0.2) is 9.97 Å². The number of aromatic nitrogens is 2. The molecule has 2 atom stereocenters. The molecule has 1 aromatic rings. The molecule has 136 valence electrons. The van der Waals surface area contributed by atoms with Crippen molar-refractivity contribution in [2.45, 2.75) is 47.5 Å². The van der Waals surface area contributed by atoms with Crippen LogP contribution in [0.5, 0.6) is 0 Å². The number of halogens is 1. The normalized spacial score (nSPS) is 25.9. The van der Waals surface area contributed by atoms with E-state index in [1.54, 1.807) is 30.4 Å². The first-order chi connectivity index (χ1) is 12.1. The fourth-order valence-corrected chi connectivity index (χ4v) is 6.75. The molecular weight excluding hydrogens is 376 g/mol. The summed E-state index contributed by atoms with van der Waals surface area (Å²) in [6.07, 6.45) is 3.60. The predicted octanol–water partition coefficient (Wildman–Crippen LogP) is 3.13. The second-order valence-corrected chi connectivity index (χ2v) is 9.58. The zero-order chi connectivity index (χ0) is 17.4. The molecule has 25 heavy (non-hydrogen) atoms. The van der Waals surface area contributed by atoms with Gasteiger partial charge in [-0.05, 0) is 32.4 Å². The monoisotopic (exact) mass is 398 g/mol. The van der Waals surface area contributed by atoms with Crippen molar-refractivity contribution in [3.8, 4) is 0 Å². The van der Waals surface area contributed by atoms with Gasteiger partial charge in [0.2, 0.25) is 5.91 Å². The average molecular weight is 399 g/mol. The first-order valence-electron chi connectivity index (χ1n) is 8.96. The smallest absolute Gasteiger partial charge is 0.219 e. The average Bonchev–Trinajstić information content (AvgIpc) is 3.21. The lowest BCUT2D eigenvalue weighted by Crippen LogP contribution is -2.42. The molecule has 0 N–H and O–H groups in total. The van der Waals surface area contributed by atoms with Gasteiger partial charge in [0, 0.05) is 49.0 Å². The number of carbonyl (C=O) groups is 1. The van der Waals surface area contributed by atoms with Crippen LogP contribution in [0, 0.1) is 0 Å². The Morgan fingerprint density at radius 2 is 2.12 bits per heavy atom. The Morgan fingerprint density at radius 3 is 2.88 bits per heavy atom. The quantitative estimate of drug-likeness (QED) is 0.441. The fourth-order valence-electron chi connectivity index (χ4n) is 3.94. The van der Waals surface area contributed by atoms with Gasteiger partial charge in [0.05, 0.1) is 0 Å². The number of carbonyl (C=O) groups excluding carboxylic acids is 1. The molecule has 4 rings (SSSR count). The second kappa shape index (κ2) is 7.62. The molecule has 0 aromatic carbocycles.